The lowest BCUT2D eigenvalue weighted by Crippen LogP contribution is -2.31. The van der Waals surface area contributed by atoms with E-state index in [2.05, 4.69) is 44.0 Å². The summed E-state index contributed by atoms with van der Waals surface area (Å²) in [7, 11) is 0. The van der Waals surface area contributed by atoms with E-state index in [0.29, 0.717) is 5.69 Å². The molecule has 0 spiro atoms. The number of hydrogen-bond acceptors (Lipinski definition) is 3. The molecular weight excluding hydrogens is 236 g/mol. The van der Waals surface area contributed by atoms with Crippen molar-refractivity contribution < 1.29 is 0 Å². The van der Waals surface area contributed by atoms with Gasteiger partial charge in [0.1, 0.15) is 0 Å². The Morgan fingerprint density at radius 1 is 0.947 bits per heavy atom. The zero-order valence-corrected chi connectivity index (χ0v) is 12.3. The summed E-state index contributed by atoms with van der Waals surface area (Å²) in [6, 6.07) is 6.56. The summed E-state index contributed by atoms with van der Waals surface area (Å²) in [5.41, 5.74) is 5.76. The van der Waals surface area contributed by atoms with Crippen LogP contribution in [0.5, 0.6) is 0 Å². The maximum atomic E-state index is 7.36. The quantitative estimate of drug-likeness (QED) is 0.712. The number of hydrogen-bond donors (Lipinski definition) is 2. The van der Waals surface area contributed by atoms with Crippen molar-refractivity contribution in [3.05, 3.63) is 58.0 Å². The van der Waals surface area contributed by atoms with E-state index in [9.17, 15) is 0 Å². The highest BCUT2D eigenvalue weighted by molar-refractivity contribution is 5.27. The molecule has 1 aromatic carbocycles. The maximum absolute atomic E-state index is 7.36. The molecule has 4 heteroatoms. The molecule has 4 nitrogen and oxygen atoms in total. The highest BCUT2D eigenvalue weighted by atomic mass is 15.3. The molecule has 0 saturated heterocycles. The van der Waals surface area contributed by atoms with Gasteiger partial charge in [0.2, 0.25) is 0 Å². The molecule has 19 heavy (non-hydrogen) atoms. The highest BCUT2D eigenvalue weighted by Crippen LogP contribution is 2.06. The first kappa shape index (κ1) is 15.0. The number of aromatic nitrogens is 2. The number of rotatable bonds is 0. The van der Waals surface area contributed by atoms with Crippen molar-refractivity contribution in [2.45, 2.75) is 34.6 Å². The second-order valence-corrected chi connectivity index (χ2v) is 4.87. The summed E-state index contributed by atoms with van der Waals surface area (Å²) in [4.78, 5) is 3.95. The molecule has 0 atom stereocenters. The van der Waals surface area contributed by atoms with Crippen LogP contribution in [0.2, 0.25) is 0 Å². The van der Waals surface area contributed by atoms with Crippen molar-refractivity contribution >= 4 is 0 Å². The summed E-state index contributed by atoms with van der Waals surface area (Å²) >= 11 is 0. The Hall–Kier alpha value is -2.10. The van der Waals surface area contributed by atoms with E-state index in [1.54, 1.807) is 13.1 Å². The molecule has 1 heterocycles. The lowest BCUT2D eigenvalue weighted by Gasteiger charge is -2.03. The number of nitrogens with zero attached hydrogens (tertiary/aromatic N) is 2. The molecule has 0 saturated carbocycles. The smallest absolute Gasteiger partial charge is 0.165 e. The normalized spacial score (nSPS) is 9.74. The largest absolute Gasteiger partial charge is 0.337 e. The number of aryl methyl sites for hydroxylation is 5. The van der Waals surface area contributed by atoms with Gasteiger partial charge in [0.25, 0.3) is 0 Å². The lowest BCUT2D eigenvalue weighted by molar-refractivity contribution is 0.796. The summed E-state index contributed by atoms with van der Waals surface area (Å²) in [6.07, 6.45) is 1.65. The third kappa shape index (κ3) is 4.25. The zero-order valence-electron chi connectivity index (χ0n) is 12.3. The van der Waals surface area contributed by atoms with Crippen LogP contribution in [0.15, 0.2) is 24.4 Å². The van der Waals surface area contributed by atoms with E-state index >= 15 is 0 Å². The van der Waals surface area contributed by atoms with Crippen LogP contribution in [0, 0.1) is 40.0 Å². The van der Waals surface area contributed by atoms with Crippen molar-refractivity contribution in [2.75, 3.05) is 5.84 Å². The van der Waals surface area contributed by atoms with Gasteiger partial charge in [-0.25, -0.2) is 4.68 Å². The lowest BCUT2D eigenvalue weighted by atomic mass is 10.1. The first-order valence-corrected chi connectivity index (χ1v) is 6.21. The van der Waals surface area contributed by atoms with Crippen molar-refractivity contribution in [2.24, 2.45) is 0 Å². The topological polar surface area (TPSA) is 67.7 Å². The number of nitrogen functional groups attached to an aromatic ring is 1. The average Bonchev–Trinajstić information content (AvgIpc) is 2.30. The van der Waals surface area contributed by atoms with Gasteiger partial charge in [-0.05, 0) is 34.6 Å². The van der Waals surface area contributed by atoms with E-state index in [0.717, 1.165) is 5.69 Å². The molecule has 0 aliphatic heterocycles. The number of nitrogens with one attached hydrogen (secondary N) is 1. The third-order valence-corrected chi connectivity index (χ3v) is 2.77. The van der Waals surface area contributed by atoms with E-state index in [-0.39, 0.29) is 5.49 Å². The van der Waals surface area contributed by atoms with Crippen LogP contribution in [-0.2, 0) is 0 Å². The summed E-state index contributed by atoms with van der Waals surface area (Å²) in [5, 5.41) is 7.36. The van der Waals surface area contributed by atoms with Gasteiger partial charge in [-0.2, -0.15) is 0 Å². The van der Waals surface area contributed by atoms with Crippen LogP contribution in [-0.4, -0.2) is 9.66 Å². The predicted molar refractivity (Wildman–Crippen MR) is 78.4 cm³/mol. The zero-order chi connectivity index (χ0) is 14.6. The summed E-state index contributed by atoms with van der Waals surface area (Å²) in [5.74, 6) is 5.47. The van der Waals surface area contributed by atoms with Gasteiger partial charge in [-0.3, -0.25) is 10.4 Å². The van der Waals surface area contributed by atoms with E-state index in [4.69, 9.17) is 11.3 Å². The number of benzene rings is 1. The molecule has 0 fully saturated rings. The minimum atomic E-state index is 0.264. The van der Waals surface area contributed by atoms with Gasteiger partial charge in [-0.15, -0.1) is 0 Å². The monoisotopic (exact) mass is 258 g/mol. The van der Waals surface area contributed by atoms with Gasteiger partial charge in [0.05, 0.1) is 11.4 Å². The molecule has 2 aromatic rings. The molecule has 0 amide bonds. The molecule has 2 rings (SSSR count). The Morgan fingerprint density at radius 2 is 1.37 bits per heavy atom. The van der Waals surface area contributed by atoms with Crippen molar-refractivity contribution in [1.29, 1.82) is 5.41 Å². The van der Waals surface area contributed by atoms with Gasteiger partial charge < -0.3 is 5.84 Å². The number of nitrogens with two attached hydrogens (primary N) is 1. The van der Waals surface area contributed by atoms with E-state index in [1.165, 1.54) is 21.4 Å². The van der Waals surface area contributed by atoms with Gasteiger partial charge in [0.15, 0.2) is 5.49 Å². The molecule has 0 bridgehead atoms. The molecule has 0 radical (unpaired) electrons. The molecule has 1 aromatic heterocycles. The first-order chi connectivity index (χ1) is 8.81. The predicted octanol–water partition coefficient (Wildman–Crippen LogP) is 2.31. The third-order valence-electron chi connectivity index (χ3n) is 2.77. The SMILES string of the molecule is Cc1cc(C)cc(C)c1.Cc1ncc(C)n(N)c1=N. The van der Waals surface area contributed by atoms with Crippen LogP contribution in [0.1, 0.15) is 28.1 Å². The van der Waals surface area contributed by atoms with Crippen LogP contribution in [0.25, 0.3) is 0 Å². The summed E-state index contributed by atoms with van der Waals surface area (Å²) < 4.78 is 1.31. The second kappa shape index (κ2) is 6.18. The molecular formula is C15H22N4. The Balaban J connectivity index is 0.000000191. The van der Waals surface area contributed by atoms with Crippen LogP contribution in [0.3, 0.4) is 0 Å². The highest BCUT2D eigenvalue weighted by Gasteiger charge is 1.94. The van der Waals surface area contributed by atoms with Gasteiger partial charge in [0, 0.05) is 6.20 Å². The average molecular weight is 258 g/mol. The standard InChI is InChI=1S/C9H12.C6H10N4/c1-7-4-8(2)6-9(3)5-7;1-4-3-9-5(2)6(7)10(4)8/h4-6H,1-3H3;3,7H,8H2,1-2H3. The van der Waals surface area contributed by atoms with Gasteiger partial charge >= 0.3 is 0 Å². The molecule has 102 valence electrons. The molecule has 0 aliphatic carbocycles. The molecule has 0 aliphatic rings. The Labute approximate surface area is 114 Å². The van der Waals surface area contributed by atoms with Crippen molar-refractivity contribution in [3.8, 4) is 0 Å². The van der Waals surface area contributed by atoms with E-state index in [1.807, 2.05) is 6.92 Å². The van der Waals surface area contributed by atoms with Gasteiger partial charge in [-0.1, -0.05) is 34.9 Å². The van der Waals surface area contributed by atoms with E-state index < -0.39 is 0 Å². The van der Waals surface area contributed by atoms with Crippen LogP contribution in [0.4, 0.5) is 0 Å². The Morgan fingerprint density at radius 3 is 1.74 bits per heavy atom. The Kier molecular flexibility index (Phi) is 4.87. The minimum absolute atomic E-state index is 0.264. The second-order valence-electron chi connectivity index (χ2n) is 4.87. The van der Waals surface area contributed by atoms with Crippen LogP contribution < -0.4 is 11.3 Å². The Bertz CT molecular complexity index is 576. The molecule has 0 unspecified atom stereocenters. The fourth-order valence-corrected chi connectivity index (χ4v) is 1.87. The van der Waals surface area contributed by atoms with Crippen LogP contribution >= 0.6 is 0 Å². The summed E-state index contributed by atoms with van der Waals surface area (Å²) in [6.45, 7) is 9.94. The van der Waals surface area contributed by atoms with Crippen molar-refractivity contribution in [1.82, 2.24) is 9.66 Å². The molecule has 3 N–H and O–H groups in total. The fraction of sp³-hybridized carbons (Fsp3) is 0.333. The minimum Gasteiger partial charge on any atom is -0.337 e. The maximum Gasteiger partial charge on any atom is 0.165 e. The van der Waals surface area contributed by atoms with Crippen molar-refractivity contribution in [3.63, 3.8) is 0 Å². The first-order valence-electron chi connectivity index (χ1n) is 6.21. The fourth-order valence-electron chi connectivity index (χ4n) is 1.87.